The number of nitrogens with one attached hydrogen (secondary N) is 1. The molecule has 2 aromatic rings. The molecular weight excluding hydrogens is 330 g/mol. The zero-order valence-corrected chi connectivity index (χ0v) is 16.1. The van der Waals surface area contributed by atoms with E-state index < -0.39 is 5.92 Å². The minimum atomic E-state index is -0.578. The van der Waals surface area contributed by atoms with Crippen LogP contribution < -0.4 is 10.1 Å². The molecule has 1 N–H and O–H groups in total. The number of amides is 1. The third-order valence-corrected chi connectivity index (χ3v) is 4.46. The summed E-state index contributed by atoms with van der Waals surface area (Å²) < 4.78 is 10.6. The summed E-state index contributed by atoms with van der Waals surface area (Å²) in [6, 6.07) is 9.58. The standard InChI is InChI=1S/C21H25NO4/c1-12-8-7-9-13(2)18(12)20-17(25-5)11-10-16(22-15(4)23)19(20)14(3)21(24)26-6/h7-11,14H,1-6H3,(H,22,23). The first-order valence-corrected chi connectivity index (χ1v) is 8.44. The van der Waals surface area contributed by atoms with E-state index in [1.807, 2.05) is 32.0 Å². The van der Waals surface area contributed by atoms with Gasteiger partial charge in [0.1, 0.15) is 5.75 Å². The maximum absolute atomic E-state index is 12.3. The number of esters is 1. The molecular formula is C21H25NO4. The lowest BCUT2D eigenvalue weighted by Crippen LogP contribution is -2.17. The fourth-order valence-electron chi connectivity index (χ4n) is 3.28. The summed E-state index contributed by atoms with van der Waals surface area (Å²) in [6.45, 7) is 7.23. The number of carbonyl (C=O) groups excluding carboxylic acids is 2. The van der Waals surface area contributed by atoms with Gasteiger partial charge in [-0.3, -0.25) is 9.59 Å². The van der Waals surface area contributed by atoms with Gasteiger partial charge in [0, 0.05) is 23.7 Å². The summed E-state index contributed by atoms with van der Waals surface area (Å²) >= 11 is 0. The van der Waals surface area contributed by atoms with Crippen molar-refractivity contribution in [2.24, 2.45) is 0 Å². The second kappa shape index (κ2) is 8.04. The minimum Gasteiger partial charge on any atom is -0.496 e. The predicted octanol–water partition coefficient (Wildman–Crippen LogP) is 4.21. The molecule has 0 radical (unpaired) electrons. The van der Waals surface area contributed by atoms with Crippen molar-refractivity contribution in [1.29, 1.82) is 0 Å². The van der Waals surface area contributed by atoms with E-state index in [2.05, 4.69) is 5.32 Å². The van der Waals surface area contributed by atoms with Gasteiger partial charge in [-0.2, -0.15) is 0 Å². The van der Waals surface area contributed by atoms with Crippen LogP contribution in [-0.2, 0) is 14.3 Å². The maximum atomic E-state index is 12.3. The highest BCUT2D eigenvalue weighted by Gasteiger charge is 2.27. The third kappa shape index (κ3) is 3.72. The average molecular weight is 355 g/mol. The van der Waals surface area contributed by atoms with Crippen molar-refractivity contribution in [3.05, 3.63) is 47.0 Å². The fourth-order valence-corrected chi connectivity index (χ4v) is 3.28. The van der Waals surface area contributed by atoms with Crippen LogP contribution in [0.2, 0.25) is 0 Å². The lowest BCUT2D eigenvalue weighted by molar-refractivity contribution is -0.142. The molecule has 2 aromatic carbocycles. The Hall–Kier alpha value is -2.82. The van der Waals surface area contributed by atoms with Crippen LogP contribution in [0.4, 0.5) is 5.69 Å². The molecule has 0 heterocycles. The van der Waals surface area contributed by atoms with Crippen LogP contribution in [-0.4, -0.2) is 26.1 Å². The van der Waals surface area contributed by atoms with E-state index in [4.69, 9.17) is 9.47 Å². The highest BCUT2D eigenvalue weighted by atomic mass is 16.5. The molecule has 1 unspecified atom stereocenters. The van der Waals surface area contributed by atoms with Gasteiger partial charge in [-0.05, 0) is 49.6 Å². The largest absolute Gasteiger partial charge is 0.496 e. The van der Waals surface area contributed by atoms with Gasteiger partial charge >= 0.3 is 5.97 Å². The topological polar surface area (TPSA) is 64.6 Å². The summed E-state index contributed by atoms with van der Waals surface area (Å²) in [7, 11) is 2.95. The van der Waals surface area contributed by atoms with Gasteiger partial charge in [0.25, 0.3) is 0 Å². The second-order valence-electron chi connectivity index (χ2n) is 6.30. The SMILES string of the molecule is COC(=O)C(C)c1c(NC(C)=O)ccc(OC)c1-c1c(C)cccc1C. The molecule has 1 amide bonds. The highest BCUT2D eigenvalue weighted by Crippen LogP contribution is 2.44. The number of aryl methyl sites for hydroxylation is 2. The Morgan fingerprint density at radius 3 is 2.12 bits per heavy atom. The van der Waals surface area contributed by atoms with Crippen LogP contribution in [0.3, 0.4) is 0 Å². The monoisotopic (exact) mass is 355 g/mol. The quantitative estimate of drug-likeness (QED) is 0.816. The lowest BCUT2D eigenvalue weighted by Gasteiger charge is -2.24. The molecule has 2 rings (SSSR count). The molecule has 0 aromatic heterocycles. The van der Waals surface area contributed by atoms with E-state index in [0.717, 1.165) is 22.3 Å². The number of rotatable bonds is 5. The lowest BCUT2D eigenvalue weighted by atomic mass is 9.85. The Bertz CT molecular complexity index is 822. The van der Waals surface area contributed by atoms with Gasteiger partial charge in [0.2, 0.25) is 5.91 Å². The number of methoxy groups -OCH3 is 2. The third-order valence-electron chi connectivity index (χ3n) is 4.46. The molecule has 0 saturated heterocycles. The zero-order chi connectivity index (χ0) is 19.4. The smallest absolute Gasteiger partial charge is 0.312 e. The predicted molar refractivity (Wildman–Crippen MR) is 103 cm³/mol. The van der Waals surface area contributed by atoms with Crippen LogP contribution in [0.5, 0.6) is 5.75 Å². The summed E-state index contributed by atoms with van der Waals surface area (Å²) in [6.07, 6.45) is 0. The molecule has 0 aliphatic heterocycles. The minimum absolute atomic E-state index is 0.207. The molecule has 0 spiro atoms. The van der Waals surface area contributed by atoms with E-state index in [-0.39, 0.29) is 11.9 Å². The molecule has 1 atom stereocenters. The van der Waals surface area contributed by atoms with Crippen LogP contribution >= 0.6 is 0 Å². The zero-order valence-electron chi connectivity index (χ0n) is 16.1. The molecule has 0 aliphatic rings. The molecule has 26 heavy (non-hydrogen) atoms. The summed E-state index contributed by atoms with van der Waals surface area (Å²) in [4.78, 5) is 24.0. The molecule has 0 saturated carbocycles. The number of hydrogen-bond acceptors (Lipinski definition) is 4. The van der Waals surface area contributed by atoms with E-state index in [0.29, 0.717) is 17.0 Å². The molecule has 0 bridgehead atoms. The van der Waals surface area contributed by atoms with Crippen LogP contribution in [0.15, 0.2) is 30.3 Å². The number of hydrogen-bond donors (Lipinski definition) is 1. The van der Waals surface area contributed by atoms with Crippen molar-refractivity contribution in [3.8, 4) is 16.9 Å². The van der Waals surface area contributed by atoms with Crippen molar-refractivity contribution in [1.82, 2.24) is 0 Å². The molecule has 0 fully saturated rings. The van der Waals surface area contributed by atoms with Crippen molar-refractivity contribution in [3.63, 3.8) is 0 Å². The van der Waals surface area contributed by atoms with Crippen LogP contribution in [0.25, 0.3) is 11.1 Å². The summed E-state index contributed by atoms with van der Waals surface area (Å²) in [5, 5.41) is 2.83. The van der Waals surface area contributed by atoms with Gasteiger partial charge < -0.3 is 14.8 Å². The number of benzene rings is 2. The van der Waals surface area contributed by atoms with Gasteiger partial charge in [-0.15, -0.1) is 0 Å². The van der Waals surface area contributed by atoms with E-state index in [9.17, 15) is 9.59 Å². The first-order chi connectivity index (χ1) is 12.3. The first-order valence-electron chi connectivity index (χ1n) is 8.44. The van der Waals surface area contributed by atoms with Crippen molar-refractivity contribution in [2.45, 2.75) is 33.6 Å². The van der Waals surface area contributed by atoms with E-state index in [1.165, 1.54) is 14.0 Å². The van der Waals surface area contributed by atoms with Crippen LogP contribution in [0.1, 0.15) is 36.5 Å². The van der Waals surface area contributed by atoms with Gasteiger partial charge in [0.15, 0.2) is 0 Å². The second-order valence-corrected chi connectivity index (χ2v) is 6.30. The molecule has 5 heteroatoms. The molecule has 5 nitrogen and oxygen atoms in total. The van der Waals surface area contributed by atoms with Crippen molar-refractivity contribution >= 4 is 17.6 Å². The Morgan fingerprint density at radius 1 is 1.00 bits per heavy atom. The number of ether oxygens (including phenoxy) is 2. The van der Waals surface area contributed by atoms with Gasteiger partial charge in [-0.1, -0.05) is 18.2 Å². The number of carbonyl (C=O) groups is 2. The Labute approximate surface area is 154 Å². The van der Waals surface area contributed by atoms with Gasteiger partial charge in [-0.25, -0.2) is 0 Å². The first kappa shape index (κ1) is 19.5. The average Bonchev–Trinajstić information content (AvgIpc) is 2.60. The fraction of sp³-hybridized carbons (Fsp3) is 0.333. The number of anilines is 1. The van der Waals surface area contributed by atoms with E-state index >= 15 is 0 Å². The summed E-state index contributed by atoms with van der Waals surface area (Å²) in [5.41, 5.74) is 5.16. The van der Waals surface area contributed by atoms with Gasteiger partial charge in [0.05, 0.1) is 20.1 Å². The highest BCUT2D eigenvalue weighted by molar-refractivity contribution is 5.96. The summed E-state index contributed by atoms with van der Waals surface area (Å²) in [5.74, 6) is -0.522. The maximum Gasteiger partial charge on any atom is 0.312 e. The molecule has 138 valence electrons. The van der Waals surface area contributed by atoms with E-state index in [1.54, 1.807) is 26.2 Å². The Balaban J connectivity index is 2.91. The van der Waals surface area contributed by atoms with Crippen LogP contribution in [0, 0.1) is 13.8 Å². The van der Waals surface area contributed by atoms with Crippen molar-refractivity contribution < 1.29 is 19.1 Å². The molecule has 0 aliphatic carbocycles. The Morgan fingerprint density at radius 2 is 1.62 bits per heavy atom. The normalized spacial score (nSPS) is 11.6. The van der Waals surface area contributed by atoms with Crippen molar-refractivity contribution in [2.75, 3.05) is 19.5 Å². The Kier molecular flexibility index (Phi) is 6.03.